The molecule has 1 fully saturated rings. The van der Waals surface area contributed by atoms with Gasteiger partial charge in [-0.1, -0.05) is 19.1 Å². The molecule has 2 aliphatic rings. The van der Waals surface area contributed by atoms with E-state index in [9.17, 15) is 22.8 Å². The highest BCUT2D eigenvalue weighted by atomic mass is 19.4. The first-order valence-electron chi connectivity index (χ1n) is 7.42. The third-order valence-corrected chi connectivity index (χ3v) is 4.28. The van der Waals surface area contributed by atoms with Crippen molar-refractivity contribution in [1.82, 2.24) is 4.90 Å². The summed E-state index contributed by atoms with van der Waals surface area (Å²) >= 11 is 0. The fourth-order valence-electron chi connectivity index (χ4n) is 2.85. The number of rotatable bonds is 4. The van der Waals surface area contributed by atoms with Gasteiger partial charge in [0.1, 0.15) is 6.54 Å². The lowest BCUT2D eigenvalue weighted by Gasteiger charge is -2.25. The van der Waals surface area contributed by atoms with Gasteiger partial charge in [0, 0.05) is 13.0 Å². The summed E-state index contributed by atoms with van der Waals surface area (Å²) in [4.78, 5) is 24.2. The molecule has 0 aromatic carbocycles. The Morgan fingerprint density at radius 3 is 2.68 bits per heavy atom. The van der Waals surface area contributed by atoms with E-state index in [0.29, 0.717) is 10.8 Å². The van der Waals surface area contributed by atoms with Crippen LogP contribution in [0.2, 0.25) is 0 Å². The van der Waals surface area contributed by atoms with E-state index in [1.165, 1.54) is 0 Å². The average molecular weight is 319 g/mol. The van der Waals surface area contributed by atoms with Crippen molar-refractivity contribution in [2.45, 2.75) is 32.4 Å². The van der Waals surface area contributed by atoms with Gasteiger partial charge in [-0.2, -0.15) is 13.2 Å². The van der Waals surface area contributed by atoms with Gasteiger partial charge in [0.05, 0.1) is 12.5 Å². The lowest BCUT2D eigenvalue weighted by Crippen LogP contribution is -2.36. The van der Waals surface area contributed by atoms with Crippen LogP contribution in [0.4, 0.5) is 13.2 Å². The van der Waals surface area contributed by atoms with Crippen LogP contribution in [-0.2, 0) is 14.3 Å². The van der Waals surface area contributed by atoms with Crippen LogP contribution < -0.4 is 0 Å². The van der Waals surface area contributed by atoms with Crippen LogP contribution >= 0.6 is 0 Å². The molecule has 124 valence electrons. The van der Waals surface area contributed by atoms with Gasteiger partial charge >= 0.3 is 12.1 Å². The SMILES string of the molecule is C[C@@H]1CC=CC[C@H]1COC(=O)[C@@H]1CC(=O)N(CC(F)(F)F)C1. The minimum atomic E-state index is -4.45. The summed E-state index contributed by atoms with van der Waals surface area (Å²) in [5, 5.41) is 0. The number of hydrogen-bond donors (Lipinski definition) is 0. The molecule has 1 aliphatic heterocycles. The van der Waals surface area contributed by atoms with E-state index in [-0.39, 0.29) is 25.5 Å². The van der Waals surface area contributed by atoms with Gasteiger partial charge in [-0.15, -0.1) is 0 Å². The van der Waals surface area contributed by atoms with Gasteiger partial charge in [-0.05, 0) is 24.7 Å². The van der Waals surface area contributed by atoms with Crippen LogP contribution in [-0.4, -0.2) is 42.6 Å². The number of likely N-dealkylation sites (tertiary alicyclic amines) is 1. The van der Waals surface area contributed by atoms with Crippen LogP contribution in [0.5, 0.6) is 0 Å². The number of alkyl halides is 3. The van der Waals surface area contributed by atoms with E-state index in [1.807, 2.05) is 6.08 Å². The summed E-state index contributed by atoms with van der Waals surface area (Å²) in [5.74, 6) is -1.36. The molecule has 0 saturated carbocycles. The molecule has 1 amide bonds. The van der Waals surface area contributed by atoms with Gasteiger partial charge < -0.3 is 9.64 Å². The second-order valence-corrected chi connectivity index (χ2v) is 6.10. The van der Waals surface area contributed by atoms with Crippen molar-refractivity contribution < 1.29 is 27.5 Å². The molecule has 1 saturated heterocycles. The Morgan fingerprint density at radius 2 is 2.05 bits per heavy atom. The predicted molar refractivity (Wildman–Crippen MR) is 72.7 cm³/mol. The molecule has 0 unspecified atom stereocenters. The Hall–Kier alpha value is -1.53. The van der Waals surface area contributed by atoms with Gasteiger partial charge in [0.25, 0.3) is 0 Å². The molecule has 1 aliphatic carbocycles. The lowest BCUT2D eigenvalue weighted by molar-refractivity contribution is -0.158. The van der Waals surface area contributed by atoms with Gasteiger partial charge in [-0.3, -0.25) is 9.59 Å². The second-order valence-electron chi connectivity index (χ2n) is 6.10. The van der Waals surface area contributed by atoms with Crippen LogP contribution in [0.1, 0.15) is 26.2 Å². The molecule has 2 rings (SSSR count). The quantitative estimate of drug-likeness (QED) is 0.591. The van der Waals surface area contributed by atoms with Gasteiger partial charge in [-0.25, -0.2) is 0 Å². The molecule has 0 aromatic heterocycles. The second kappa shape index (κ2) is 6.71. The number of carbonyl (C=O) groups excluding carboxylic acids is 2. The molecule has 3 atom stereocenters. The van der Waals surface area contributed by atoms with Gasteiger partial charge in [0.15, 0.2) is 0 Å². The van der Waals surface area contributed by atoms with E-state index in [1.54, 1.807) is 0 Å². The largest absolute Gasteiger partial charge is 0.465 e. The maximum atomic E-state index is 12.3. The van der Waals surface area contributed by atoms with Crippen molar-refractivity contribution >= 4 is 11.9 Å². The first kappa shape index (κ1) is 16.8. The smallest absolute Gasteiger partial charge is 0.406 e. The van der Waals surface area contributed by atoms with Crippen molar-refractivity contribution in [3.63, 3.8) is 0 Å². The van der Waals surface area contributed by atoms with E-state index in [4.69, 9.17) is 4.74 Å². The molecular formula is C15H20F3NO3. The fraction of sp³-hybridized carbons (Fsp3) is 0.733. The van der Waals surface area contributed by atoms with Crippen molar-refractivity contribution in [1.29, 1.82) is 0 Å². The molecule has 0 spiro atoms. The highest BCUT2D eigenvalue weighted by Gasteiger charge is 2.41. The van der Waals surface area contributed by atoms with Crippen LogP contribution in [0.3, 0.4) is 0 Å². The Bertz CT molecular complexity index is 461. The molecule has 0 bridgehead atoms. The number of allylic oxidation sites excluding steroid dienone is 2. The summed E-state index contributed by atoms with van der Waals surface area (Å²) in [6.45, 7) is 0.817. The number of hydrogen-bond acceptors (Lipinski definition) is 3. The first-order valence-corrected chi connectivity index (χ1v) is 7.42. The number of nitrogens with zero attached hydrogens (tertiary/aromatic N) is 1. The molecular weight excluding hydrogens is 299 g/mol. The molecule has 0 aromatic rings. The summed E-state index contributed by atoms with van der Waals surface area (Å²) in [5.41, 5.74) is 0. The summed E-state index contributed by atoms with van der Waals surface area (Å²) in [6, 6.07) is 0. The van der Waals surface area contributed by atoms with Crippen LogP contribution in [0.25, 0.3) is 0 Å². The molecule has 1 heterocycles. The first-order chi connectivity index (χ1) is 10.3. The van der Waals surface area contributed by atoms with Crippen molar-refractivity contribution in [2.24, 2.45) is 17.8 Å². The molecule has 4 nitrogen and oxygen atoms in total. The van der Waals surface area contributed by atoms with Crippen molar-refractivity contribution in [3.8, 4) is 0 Å². The Labute approximate surface area is 127 Å². The average Bonchev–Trinajstić information content (AvgIpc) is 2.77. The van der Waals surface area contributed by atoms with Gasteiger partial charge in [0.2, 0.25) is 5.91 Å². The minimum Gasteiger partial charge on any atom is -0.465 e. The minimum absolute atomic E-state index is 0.199. The van der Waals surface area contributed by atoms with E-state index in [2.05, 4.69) is 13.0 Å². The summed E-state index contributed by atoms with van der Waals surface area (Å²) in [7, 11) is 0. The molecule has 22 heavy (non-hydrogen) atoms. The normalized spacial score (nSPS) is 29.0. The maximum Gasteiger partial charge on any atom is 0.406 e. The summed E-state index contributed by atoms with van der Waals surface area (Å²) in [6.07, 6.45) is 1.26. The summed E-state index contributed by atoms with van der Waals surface area (Å²) < 4.78 is 42.2. The third-order valence-electron chi connectivity index (χ3n) is 4.28. The molecule has 7 heteroatoms. The number of esters is 1. The maximum absolute atomic E-state index is 12.3. The zero-order chi connectivity index (χ0) is 16.3. The predicted octanol–water partition coefficient (Wildman–Crippen LogP) is 2.54. The zero-order valence-corrected chi connectivity index (χ0v) is 12.4. The topological polar surface area (TPSA) is 46.6 Å². The molecule has 0 radical (unpaired) electrons. The zero-order valence-electron chi connectivity index (χ0n) is 12.4. The standard InChI is InChI=1S/C15H20F3NO3/c1-10-4-2-3-5-11(10)8-22-14(21)12-6-13(20)19(7-12)9-15(16,17)18/h2-3,10-12H,4-9H2,1H3/t10-,11+,12-/m1/s1. The highest BCUT2D eigenvalue weighted by Crippen LogP contribution is 2.27. The Balaban J connectivity index is 1.81. The van der Waals surface area contributed by atoms with E-state index >= 15 is 0 Å². The lowest BCUT2D eigenvalue weighted by atomic mass is 9.85. The van der Waals surface area contributed by atoms with E-state index in [0.717, 1.165) is 12.8 Å². The number of halogens is 3. The highest BCUT2D eigenvalue weighted by molar-refractivity contribution is 5.86. The van der Waals surface area contributed by atoms with Crippen molar-refractivity contribution in [2.75, 3.05) is 19.7 Å². The Kier molecular flexibility index (Phi) is 5.13. The van der Waals surface area contributed by atoms with Crippen LogP contribution in [0, 0.1) is 17.8 Å². The van der Waals surface area contributed by atoms with Crippen LogP contribution in [0.15, 0.2) is 12.2 Å². The Morgan fingerprint density at radius 1 is 1.36 bits per heavy atom. The molecule has 0 N–H and O–H groups in total. The number of amides is 1. The fourth-order valence-corrected chi connectivity index (χ4v) is 2.85. The number of carbonyl (C=O) groups is 2. The number of ether oxygens (including phenoxy) is 1. The monoisotopic (exact) mass is 319 g/mol. The van der Waals surface area contributed by atoms with E-state index < -0.39 is 30.5 Å². The van der Waals surface area contributed by atoms with Crippen molar-refractivity contribution in [3.05, 3.63) is 12.2 Å². The third kappa shape index (κ3) is 4.48.